The second-order valence-corrected chi connectivity index (χ2v) is 6.93. The Labute approximate surface area is 172 Å². The van der Waals surface area contributed by atoms with Gasteiger partial charge in [0.05, 0.1) is 13.2 Å². The van der Waals surface area contributed by atoms with Gasteiger partial charge in [0.1, 0.15) is 11.5 Å². The van der Waals surface area contributed by atoms with Crippen LogP contribution < -0.4 is 9.47 Å². The van der Waals surface area contributed by atoms with Gasteiger partial charge in [0, 0.05) is 26.1 Å². The molecule has 0 radical (unpaired) electrons. The second kappa shape index (κ2) is 10.6. The predicted molar refractivity (Wildman–Crippen MR) is 116 cm³/mol. The highest BCUT2D eigenvalue weighted by Gasteiger charge is 2.05. The van der Waals surface area contributed by atoms with Crippen molar-refractivity contribution >= 4 is 0 Å². The van der Waals surface area contributed by atoms with Gasteiger partial charge in [0.2, 0.25) is 0 Å². The second-order valence-electron chi connectivity index (χ2n) is 6.93. The van der Waals surface area contributed by atoms with Gasteiger partial charge in [-0.25, -0.2) is 0 Å². The maximum Gasteiger partial charge on any atom is 0.119 e. The summed E-state index contributed by atoms with van der Waals surface area (Å²) in [5.41, 5.74) is 5.78. The molecule has 0 bridgehead atoms. The van der Waals surface area contributed by atoms with E-state index >= 15 is 0 Å². The molecule has 0 spiro atoms. The normalized spacial score (nSPS) is 10.7. The van der Waals surface area contributed by atoms with Crippen LogP contribution in [0.2, 0.25) is 0 Å². The first-order valence-electron chi connectivity index (χ1n) is 10.00. The van der Waals surface area contributed by atoms with Crippen LogP contribution >= 0.6 is 0 Å². The average molecular weight is 392 g/mol. The molecule has 0 fully saturated rings. The molecule has 0 saturated heterocycles. The Balaban J connectivity index is 1.68. The van der Waals surface area contributed by atoms with Crippen LogP contribution in [0.5, 0.6) is 11.5 Å². The van der Waals surface area contributed by atoms with E-state index in [1.165, 1.54) is 5.56 Å². The SMILES string of the molecule is Cc1cc(OCCCO)ccc1-c1ccc(-c2ccc(OCCCO)cc2)cc1. The van der Waals surface area contributed by atoms with Gasteiger partial charge in [0.25, 0.3) is 0 Å². The molecule has 3 rings (SSSR count). The van der Waals surface area contributed by atoms with E-state index in [0.29, 0.717) is 26.1 Å². The standard InChI is InChI=1S/C25H28O4/c1-19-18-24(29-17-3-15-27)12-13-25(19)22-6-4-20(5-7-22)21-8-10-23(11-9-21)28-16-2-14-26/h4-13,18,26-27H,2-3,14-17H2,1H3. The Hall–Kier alpha value is -2.82. The molecule has 4 heteroatoms. The molecule has 3 aromatic rings. The summed E-state index contributed by atoms with van der Waals surface area (Å²) in [6, 6.07) is 22.6. The van der Waals surface area contributed by atoms with Crippen molar-refractivity contribution < 1.29 is 19.7 Å². The monoisotopic (exact) mass is 392 g/mol. The molecule has 0 heterocycles. The molecule has 0 unspecified atom stereocenters. The number of hydrogen-bond acceptors (Lipinski definition) is 4. The number of rotatable bonds is 10. The molecule has 0 amide bonds. The highest BCUT2D eigenvalue weighted by atomic mass is 16.5. The molecule has 152 valence electrons. The molecule has 29 heavy (non-hydrogen) atoms. The predicted octanol–water partition coefficient (Wildman–Crippen LogP) is 4.85. The largest absolute Gasteiger partial charge is 0.494 e. The van der Waals surface area contributed by atoms with E-state index in [0.717, 1.165) is 33.8 Å². The molecule has 3 aromatic carbocycles. The Morgan fingerprint density at radius 3 is 1.66 bits per heavy atom. The van der Waals surface area contributed by atoms with Crippen molar-refractivity contribution in [2.75, 3.05) is 26.4 Å². The van der Waals surface area contributed by atoms with E-state index in [1.54, 1.807) is 0 Å². The average Bonchev–Trinajstić information content (AvgIpc) is 2.75. The van der Waals surface area contributed by atoms with Crippen molar-refractivity contribution in [1.82, 2.24) is 0 Å². The zero-order chi connectivity index (χ0) is 20.5. The van der Waals surface area contributed by atoms with Gasteiger partial charge in [-0.1, -0.05) is 42.5 Å². The van der Waals surface area contributed by atoms with Crippen LogP contribution in [-0.4, -0.2) is 36.6 Å². The summed E-state index contributed by atoms with van der Waals surface area (Å²) >= 11 is 0. The zero-order valence-corrected chi connectivity index (χ0v) is 16.8. The Kier molecular flexibility index (Phi) is 7.68. The number of ether oxygens (including phenoxy) is 2. The van der Waals surface area contributed by atoms with Crippen LogP contribution in [0.15, 0.2) is 66.7 Å². The van der Waals surface area contributed by atoms with Gasteiger partial charge in [-0.3, -0.25) is 0 Å². The van der Waals surface area contributed by atoms with Crippen molar-refractivity contribution in [2.45, 2.75) is 19.8 Å². The lowest BCUT2D eigenvalue weighted by atomic mass is 9.97. The Bertz CT molecular complexity index is 886. The van der Waals surface area contributed by atoms with Crippen molar-refractivity contribution in [3.8, 4) is 33.8 Å². The lowest BCUT2D eigenvalue weighted by Crippen LogP contribution is -2.00. The van der Waals surface area contributed by atoms with Crippen LogP contribution in [0.1, 0.15) is 18.4 Å². The van der Waals surface area contributed by atoms with Gasteiger partial charge in [-0.05, 0) is 59.0 Å². The summed E-state index contributed by atoms with van der Waals surface area (Å²) in [6.45, 7) is 3.41. The topological polar surface area (TPSA) is 58.9 Å². The van der Waals surface area contributed by atoms with Crippen LogP contribution in [0.25, 0.3) is 22.3 Å². The molecule has 0 aliphatic carbocycles. The highest BCUT2D eigenvalue weighted by Crippen LogP contribution is 2.30. The first kappa shape index (κ1) is 20.9. The number of aryl methyl sites for hydroxylation is 1. The van der Waals surface area contributed by atoms with Crippen LogP contribution in [-0.2, 0) is 0 Å². The minimum Gasteiger partial charge on any atom is -0.494 e. The number of aliphatic hydroxyl groups excluding tert-OH is 2. The van der Waals surface area contributed by atoms with Crippen molar-refractivity contribution in [1.29, 1.82) is 0 Å². The van der Waals surface area contributed by atoms with Crippen LogP contribution in [0.3, 0.4) is 0 Å². The summed E-state index contributed by atoms with van der Waals surface area (Å²) in [4.78, 5) is 0. The molecule has 0 aliphatic heterocycles. The molecule has 4 nitrogen and oxygen atoms in total. The number of aliphatic hydroxyl groups is 2. The van der Waals surface area contributed by atoms with E-state index in [4.69, 9.17) is 19.7 Å². The fraction of sp³-hybridized carbons (Fsp3) is 0.280. The first-order chi connectivity index (χ1) is 14.2. The lowest BCUT2D eigenvalue weighted by molar-refractivity contribution is 0.233. The summed E-state index contributed by atoms with van der Waals surface area (Å²) in [7, 11) is 0. The number of benzene rings is 3. The van der Waals surface area contributed by atoms with Crippen molar-refractivity contribution in [3.05, 3.63) is 72.3 Å². The zero-order valence-electron chi connectivity index (χ0n) is 16.8. The molecule has 0 aromatic heterocycles. The van der Waals surface area contributed by atoms with Crippen LogP contribution in [0.4, 0.5) is 0 Å². The minimum atomic E-state index is 0.142. The maximum atomic E-state index is 8.86. The summed E-state index contributed by atoms with van der Waals surface area (Å²) in [5, 5.41) is 17.7. The first-order valence-corrected chi connectivity index (χ1v) is 10.00. The minimum absolute atomic E-state index is 0.142. The van der Waals surface area contributed by atoms with Crippen molar-refractivity contribution in [2.24, 2.45) is 0 Å². The highest BCUT2D eigenvalue weighted by molar-refractivity contribution is 5.72. The maximum absolute atomic E-state index is 8.86. The fourth-order valence-corrected chi connectivity index (χ4v) is 3.14. The quantitative estimate of drug-likeness (QED) is 0.484. The van der Waals surface area contributed by atoms with Gasteiger partial charge in [-0.15, -0.1) is 0 Å². The summed E-state index contributed by atoms with van der Waals surface area (Å²) in [6.07, 6.45) is 1.27. The third kappa shape index (κ3) is 5.83. The lowest BCUT2D eigenvalue weighted by Gasteiger charge is -2.11. The Morgan fingerprint density at radius 1 is 0.621 bits per heavy atom. The van der Waals surface area contributed by atoms with Gasteiger partial charge < -0.3 is 19.7 Å². The third-order valence-corrected chi connectivity index (χ3v) is 4.72. The summed E-state index contributed by atoms with van der Waals surface area (Å²) < 4.78 is 11.2. The molecule has 0 saturated carbocycles. The third-order valence-electron chi connectivity index (χ3n) is 4.72. The van der Waals surface area contributed by atoms with Gasteiger partial charge in [0.15, 0.2) is 0 Å². The Morgan fingerprint density at radius 2 is 1.10 bits per heavy atom. The fourth-order valence-electron chi connectivity index (χ4n) is 3.14. The van der Waals surface area contributed by atoms with Crippen molar-refractivity contribution in [3.63, 3.8) is 0 Å². The molecular weight excluding hydrogens is 364 g/mol. The van der Waals surface area contributed by atoms with E-state index < -0.39 is 0 Å². The molecule has 0 aliphatic rings. The molecule has 0 atom stereocenters. The van der Waals surface area contributed by atoms with Crippen LogP contribution in [0, 0.1) is 6.92 Å². The van der Waals surface area contributed by atoms with E-state index in [9.17, 15) is 0 Å². The number of hydrogen-bond donors (Lipinski definition) is 2. The van der Waals surface area contributed by atoms with Gasteiger partial charge in [-0.2, -0.15) is 0 Å². The van der Waals surface area contributed by atoms with E-state index in [1.807, 2.05) is 36.4 Å². The molecular formula is C25H28O4. The molecule has 2 N–H and O–H groups in total. The van der Waals surface area contributed by atoms with E-state index in [2.05, 4.69) is 37.3 Å². The van der Waals surface area contributed by atoms with Gasteiger partial charge >= 0.3 is 0 Å². The van der Waals surface area contributed by atoms with E-state index in [-0.39, 0.29) is 13.2 Å². The smallest absolute Gasteiger partial charge is 0.119 e. The summed E-state index contributed by atoms with van der Waals surface area (Å²) in [5.74, 6) is 1.65.